The summed E-state index contributed by atoms with van der Waals surface area (Å²) in [5.74, 6) is 6.20. The van der Waals surface area contributed by atoms with Gasteiger partial charge in [-0.15, -0.1) is 11.3 Å². The van der Waals surface area contributed by atoms with Gasteiger partial charge in [0.1, 0.15) is 0 Å². The van der Waals surface area contributed by atoms with Gasteiger partial charge in [0, 0.05) is 11.9 Å². The van der Waals surface area contributed by atoms with Crippen LogP contribution in [-0.2, 0) is 0 Å². The minimum absolute atomic E-state index is 0.0363. The quantitative estimate of drug-likeness (QED) is 0.831. The largest absolute Gasteiger partial charge is 0.351 e. The molecule has 1 amide bonds. The minimum atomic E-state index is -0.0363. The van der Waals surface area contributed by atoms with E-state index in [4.69, 9.17) is 5.73 Å². The minimum Gasteiger partial charge on any atom is -0.351 e. The Bertz CT molecular complexity index is 492. The lowest BCUT2D eigenvalue weighted by Gasteiger charge is -2.29. The number of carbonyl (C=O) groups is 1. The van der Waals surface area contributed by atoms with E-state index in [1.807, 2.05) is 11.4 Å². The number of hydrogen-bond donors (Lipinski definition) is 2. The van der Waals surface area contributed by atoms with Crippen molar-refractivity contribution in [3.8, 4) is 11.8 Å². The zero-order valence-corrected chi connectivity index (χ0v) is 12.9. The lowest BCUT2D eigenvalue weighted by Crippen LogP contribution is -2.36. The molecule has 0 aliphatic carbocycles. The third-order valence-corrected chi connectivity index (χ3v) is 4.29. The summed E-state index contributed by atoms with van der Waals surface area (Å²) in [4.78, 5) is 12.9. The van der Waals surface area contributed by atoms with Gasteiger partial charge in [-0.1, -0.05) is 39.5 Å². The maximum absolute atomic E-state index is 12.0. The van der Waals surface area contributed by atoms with Crippen LogP contribution in [-0.4, -0.2) is 19.0 Å². The molecule has 3 N–H and O–H groups in total. The summed E-state index contributed by atoms with van der Waals surface area (Å²) in [5, 5.41) is 4.82. The van der Waals surface area contributed by atoms with E-state index in [0.717, 1.165) is 4.88 Å². The van der Waals surface area contributed by atoms with Crippen LogP contribution in [0.15, 0.2) is 11.4 Å². The summed E-state index contributed by atoms with van der Waals surface area (Å²) in [6.45, 7) is 9.65. The fraction of sp³-hybridized carbons (Fsp3) is 0.533. The van der Waals surface area contributed by atoms with Crippen molar-refractivity contribution < 1.29 is 4.79 Å². The average molecular weight is 278 g/mol. The summed E-state index contributed by atoms with van der Waals surface area (Å²) in [7, 11) is 0. The molecule has 1 aromatic rings. The van der Waals surface area contributed by atoms with Crippen LogP contribution in [0.1, 0.15) is 42.9 Å². The second kappa shape index (κ2) is 6.74. The molecule has 0 spiro atoms. The number of nitrogens with two attached hydrogens (primary N) is 1. The summed E-state index contributed by atoms with van der Waals surface area (Å²) in [6, 6.07) is 1.81. The maximum atomic E-state index is 12.0. The lowest BCUT2D eigenvalue weighted by atomic mass is 9.81. The third kappa shape index (κ3) is 4.70. The van der Waals surface area contributed by atoms with Crippen molar-refractivity contribution in [2.75, 3.05) is 13.1 Å². The smallest absolute Gasteiger partial charge is 0.252 e. The molecule has 0 saturated heterocycles. The molecule has 1 aromatic heterocycles. The Labute approximate surface area is 119 Å². The summed E-state index contributed by atoms with van der Waals surface area (Å²) in [5.41, 5.74) is 6.08. The van der Waals surface area contributed by atoms with Crippen LogP contribution in [0.5, 0.6) is 0 Å². The number of nitrogens with one attached hydrogen (secondary N) is 1. The number of hydrogen-bond acceptors (Lipinski definition) is 3. The lowest BCUT2D eigenvalue weighted by molar-refractivity contribution is 0.0925. The van der Waals surface area contributed by atoms with Gasteiger partial charge in [0.15, 0.2) is 0 Å². The standard InChI is InChI=1S/C15H22N2OS/c1-11(2)15(3,4)10-17-14(18)12-8-13(19-9-12)6-5-7-16/h8-9,11H,7,10,16H2,1-4H3,(H,17,18). The predicted molar refractivity (Wildman–Crippen MR) is 81.2 cm³/mol. The highest BCUT2D eigenvalue weighted by Crippen LogP contribution is 2.25. The van der Waals surface area contributed by atoms with Gasteiger partial charge in [0.25, 0.3) is 5.91 Å². The van der Waals surface area contributed by atoms with Crippen molar-refractivity contribution in [3.05, 3.63) is 21.9 Å². The average Bonchev–Trinajstić information content (AvgIpc) is 2.82. The molecule has 0 saturated carbocycles. The van der Waals surface area contributed by atoms with Gasteiger partial charge in [0.05, 0.1) is 17.0 Å². The summed E-state index contributed by atoms with van der Waals surface area (Å²) >= 11 is 1.47. The molecule has 104 valence electrons. The first-order chi connectivity index (χ1) is 8.86. The Balaban J connectivity index is 2.62. The summed E-state index contributed by atoms with van der Waals surface area (Å²) in [6.07, 6.45) is 0. The van der Waals surface area contributed by atoms with Crippen LogP contribution in [0, 0.1) is 23.2 Å². The Kier molecular flexibility index (Phi) is 5.59. The number of amides is 1. The molecule has 3 nitrogen and oxygen atoms in total. The van der Waals surface area contributed by atoms with Gasteiger partial charge in [0.2, 0.25) is 0 Å². The zero-order valence-electron chi connectivity index (χ0n) is 12.0. The first-order valence-electron chi connectivity index (χ1n) is 6.42. The van der Waals surface area contributed by atoms with Gasteiger partial charge in [-0.05, 0) is 17.4 Å². The summed E-state index contributed by atoms with van der Waals surface area (Å²) < 4.78 is 0. The van der Waals surface area contributed by atoms with E-state index in [1.165, 1.54) is 11.3 Å². The normalized spacial score (nSPS) is 11.1. The second-order valence-corrected chi connectivity index (χ2v) is 6.44. The molecule has 0 aliphatic heterocycles. The highest BCUT2D eigenvalue weighted by molar-refractivity contribution is 7.10. The van der Waals surface area contributed by atoms with E-state index in [2.05, 4.69) is 44.9 Å². The molecule has 0 fully saturated rings. The van der Waals surface area contributed by atoms with Crippen molar-refractivity contribution >= 4 is 17.2 Å². The molecule has 0 radical (unpaired) electrons. The maximum Gasteiger partial charge on any atom is 0.252 e. The molecule has 1 heterocycles. The second-order valence-electron chi connectivity index (χ2n) is 5.53. The van der Waals surface area contributed by atoms with Crippen LogP contribution < -0.4 is 11.1 Å². The SMILES string of the molecule is CC(C)C(C)(C)CNC(=O)c1csc(C#CCN)c1. The van der Waals surface area contributed by atoms with Crippen LogP contribution in [0.2, 0.25) is 0 Å². The number of carbonyl (C=O) groups excluding carboxylic acids is 1. The highest BCUT2D eigenvalue weighted by Gasteiger charge is 2.23. The third-order valence-electron chi connectivity index (χ3n) is 3.44. The Morgan fingerprint density at radius 1 is 1.53 bits per heavy atom. The van der Waals surface area contributed by atoms with Crippen molar-refractivity contribution in [1.29, 1.82) is 0 Å². The molecular weight excluding hydrogens is 256 g/mol. The van der Waals surface area contributed by atoms with E-state index in [0.29, 0.717) is 24.6 Å². The Morgan fingerprint density at radius 3 is 2.79 bits per heavy atom. The zero-order chi connectivity index (χ0) is 14.5. The van der Waals surface area contributed by atoms with Gasteiger partial charge >= 0.3 is 0 Å². The number of thiophene rings is 1. The van der Waals surface area contributed by atoms with E-state index in [1.54, 1.807) is 0 Å². The number of rotatable bonds is 4. The molecule has 0 atom stereocenters. The molecule has 19 heavy (non-hydrogen) atoms. The molecule has 4 heteroatoms. The molecule has 0 aromatic carbocycles. The van der Waals surface area contributed by atoms with Crippen LogP contribution in [0.3, 0.4) is 0 Å². The van der Waals surface area contributed by atoms with Gasteiger partial charge in [-0.2, -0.15) is 0 Å². The monoisotopic (exact) mass is 278 g/mol. The molecular formula is C15H22N2OS. The first-order valence-corrected chi connectivity index (χ1v) is 7.30. The van der Waals surface area contributed by atoms with Crippen molar-refractivity contribution in [2.45, 2.75) is 27.7 Å². The molecule has 0 unspecified atom stereocenters. The molecule has 1 rings (SSSR count). The van der Waals surface area contributed by atoms with Crippen molar-refractivity contribution in [2.24, 2.45) is 17.1 Å². The topological polar surface area (TPSA) is 55.1 Å². The van der Waals surface area contributed by atoms with Gasteiger partial charge < -0.3 is 11.1 Å². The molecule has 0 bridgehead atoms. The van der Waals surface area contributed by atoms with Crippen LogP contribution >= 0.6 is 11.3 Å². The molecule has 0 aliphatic rings. The van der Waals surface area contributed by atoms with Crippen LogP contribution in [0.4, 0.5) is 0 Å². The van der Waals surface area contributed by atoms with E-state index < -0.39 is 0 Å². The Hall–Kier alpha value is -1.31. The van der Waals surface area contributed by atoms with Crippen molar-refractivity contribution in [1.82, 2.24) is 5.32 Å². The first kappa shape index (κ1) is 15.7. The van der Waals surface area contributed by atoms with Gasteiger partial charge in [-0.25, -0.2) is 0 Å². The highest BCUT2D eigenvalue weighted by atomic mass is 32.1. The van der Waals surface area contributed by atoms with E-state index >= 15 is 0 Å². The van der Waals surface area contributed by atoms with Crippen molar-refractivity contribution in [3.63, 3.8) is 0 Å². The van der Waals surface area contributed by atoms with E-state index in [9.17, 15) is 4.79 Å². The van der Waals surface area contributed by atoms with E-state index in [-0.39, 0.29) is 11.3 Å². The van der Waals surface area contributed by atoms with Crippen LogP contribution in [0.25, 0.3) is 0 Å². The Morgan fingerprint density at radius 2 is 2.21 bits per heavy atom. The fourth-order valence-corrected chi connectivity index (χ4v) is 2.03. The van der Waals surface area contributed by atoms with Gasteiger partial charge in [-0.3, -0.25) is 4.79 Å². The fourth-order valence-electron chi connectivity index (χ4n) is 1.27. The predicted octanol–water partition coefficient (Wildman–Crippen LogP) is 2.47.